The molecule has 2 aromatic heterocycles. The number of allylic oxidation sites excluding steroid dienone is 4. The van der Waals surface area contributed by atoms with Gasteiger partial charge in [-0.2, -0.15) is 0 Å². The van der Waals surface area contributed by atoms with E-state index < -0.39 is 0 Å². The Morgan fingerprint density at radius 3 is 2.83 bits per heavy atom. The van der Waals surface area contributed by atoms with Crippen LogP contribution in [-0.4, -0.2) is 34.6 Å². The molecule has 0 aliphatic carbocycles. The van der Waals surface area contributed by atoms with Crippen LogP contribution < -0.4 is 20.9 Å². The maximum atomic E-state index is 12.7. The van der Waals surface area contributed by atoms with E-state index in [0.717, 1.165) is 42.9 Å². The maximum absolute atomic E-state index is 12.7. The van der Waals surface area contributed by atoms with Crippen LogP contribution >= 0.6 is 0 Å². The van der Waals surface area contributed by atoms with Gasteiger partial charge in [0.25, 0.3) is 5.56 Å². The summed E-state index contributed by atoms with van der Waals surface area (Å²) in [5.74, 6) is 1.80. The van der Waals surface area contributed by atoms with Gasteiger partial charge >= 0.3 is 0 Å². The number of ether oxygens (including phenoxy) is 1. The van der Waals surface area contributed by atoms with Gasteiger partial charge in [0, 0.05) is 12.7 Å². The summed E-state index contributed by atoms with van der Waals surface area (Å²) in [5, 5.41) is 7.46. The number of hydrogen-bond donors (Lipinski definition) is 3. The van der Waals surface area contributed by atoms with Crippen LogP contribution in [0.15, 0.2) is 78.3 Å². The van der Waals surface area contributed by atoms with Gasteiger partial charge in [0.05, 0.1) is 11.1 Å². The molecule has 3 N–H and O–H groups in total. The zero-order chi connectivity index (χ0) is 24.5. The van der Waals surface area contributed by atoms with Crippen LogP contribution in [0.1, 0.15) is 29.9 Å². The number of H-pyrrole nitrogens is 1. The van der Waals surface area contributed by atoms with E-state index in [1.54, 1.807) is 18.3 Å². The van der Waals surface area contributed by atoms with Crippen molar-refractivity contribution < 1.29 is 4.74 Å². The molecule has 1 aromatic carbocycles. The molecule has 1 saturated heterocycles. The van der Waals surface area contributed by atoms with Crippen molar-refractivity contribution in [3.05, 3.63) is 101 Å². The molecule has 3 heterocycles. The Labute approximate surface area is 206 Å². The molecule has 7 nitrogen and oxygen atoms in total. The zero-order valence-corrected chi connectivity index (χ0v) is 20.1. The van der Waals surface area contributed by atoms with Crippen LogP contribution in [0, 0.1) is 5.92 Å². The number of hydrogen-bond acceptors (Lipinski definition) is 6. The van der Waals surface area contributed by atoms with Crippen molar-refractivity contribution in [3.63, 3.8) is 0 Å². The molecule has 1 aliphatic heterocycles. The molecule has 7 heteroatoms. The lowest BCUT2D eigenvalue weighted by molar-refractivity contribution is 0.296. The normalized spacial score (nSPS) is 16.2. The molecule has 0 amide bonds. The van der Waals surface area contributed by atoms with E-state index in [0.29, 0.717) is 34.9 Å². The van der Waals surface area contributed by atoms with E-state index in [2.05, 4.69) is 38.7 Å². The minimum Gasteiger partial charge on any atom is -0.486 e. The summed E-state index contributed by atoms with van der Waals surface area (Å²) in [7, 11) is 0. The minimum absolute atomic E-state index is 0.161. The van der Waals surface area contributed by atoms with Crippen LogP contribution in [0.2, 0.25) is 0 Å². The second-order valence-corrected chi connectivity index (χ2v) is 8.80. The van der Waals surface area contributed by atoms with Crippen molar-refractivity contribution >= 4 is 10.9 Å². The number of fused-ring (bicyclic) bond motifs is 1. The molecule has 182 valence electrons. The van der Waals surface area contributed by atoms with Gasteiger partial charge < -0.3 is 20.4 Å². The highest BCUT2D eigenvalue weighted by Crippen LogP contribution is 2.17. The van der Waals surface area contributed by atoms with E-state index in [4.69, 9.17) is 4.74 Å². The average Bonchev–Trinajstić information content (AvgIpc) is 2.89. The molecule has 0 spiro atoms. The summed E-state index contributed by atoms with van der Waals surface area (Å²) < 4.78 is 5.90. The quantitative estimate of drug-likeness (QED) is 0.368. The highest BCUT2D eigenvalue weighted by Gasteiger charge is 2.14. The molecule has 0 saturated carbocycles. The smallest absolute Gasteiger partial charge is 0.258 e. The molecule has 0 radical (unpaired) electrons. The fourth-order valence-electron chi connectivity index (χ4n) is 4.30. The predicted octanol–water partition coefficient (Wildman–Crippen LogP) is 3.83. The summed E-state index contributed by atoms with van der Waals surface area (Å²) in [6.07, 6.45) is 10.4. The third-order valence-corrected chi connectivity index (χ3v) is 6.17. The summed E-state index contributed by atoms with van der Waals surface area (Å²) >= 11 is 0. The van der Waals surface area contributed by atoms with Gasteiger partial charge in [-0.05, 0) is 74.2 Å². The number of nitrogens with zero attached hydrogens (tertiary/aromatic N) is 2. The first-order valence-corrected chi connectivity index (χ1v) is 12.1. The second-order valence-electron chi connectivity index (χ2n) is 8.80. The molecule has 1 fully saturated rings. The Kier molecular flexibility index (Phi) is 8.59. The molecule has 4 rings (SSSR count). The third kappa shape index (κ3) is 6.74. The molecule has 1 unspecified atom stereocenters. The van der Waals surface area contributed by atoms with Crippen LogP contribution in [0.25, 0.3) is 10.9 Å². The van der Waals surface area contributed by atoms with Gasteiger partial charge in [-0.1, -0.05) is 43.5 Å². The lowest BCUT2D eigenvalue weighted by Crippen LogP contribution is -2.36. The van der Waals surface area contributed by atoms with Gasteiger partial charge in [0.1, 0.15) is 23.7 Å². The van der Waals surface area contributed by atoms with Crippen molar-refractivity contribution in [1.29, 1.82) is 0 Å². The topological polar surface area (TPSA) is 91.9 Å². The van der Waals surface area contributed by atoms with E-state index in [1.807, 2.05) is 36.4 Å². The summed E-state index contributed by atoms with van der Waals surface area (Å²) in [4.78, 5) is 24.7. The van der Waals surface area contributed by atoms with E-state index in [9.17, 15) is 4.79 Å². The van der Waals surface area contributed by atoms with Crippen molar-refractivity contribution in [2.45, 2.75) is 32.4 Å². The van der Waals surface area contributed by atoms with Gasteiger partial charge in [-0.25, -0.2) is 4.98 Å². The van der Waals surface area contributed by atoms with Crippen LogP contribution in [-0.2, 0) is 19.6 Å². The van der Waals surface area contributed by atoms with Crippen molar-refractivity contribution in [2.75, 3.05) is 19.6 Å². The number of nitrogens with one attached hydrogen (secondary N) is 3. The Hall–Kier alpha value is -3.55. The Morgan fingerprint density at radius 1 is 1.23 bits per heavy atom. The van der Waals surface area contributed by atoms with Gasteiger partial charge in [-0.3, -0.25) is 9.78 Å². The van der Waals surface area contributed by atoms with E-state index in [1.165, 1.54) is 12.8 Å². The molecule has 1 atom stereocenters. The number of benzene rings is 1. The second kappa shape index (κ2) is 12.2. The SMILES string of the molecule is C=C/C=C(\C=C)Cc1ccc(OCc2nc3c(CNCC4CCCNC4)nccc3c(=O)[nH]2)cc1. The first-order valence-electron chi connectivity index (χ1n) is 12.1. The van der Waals surface area contributed by atoms with Crippen molar-refractivity contribution in [3.8, 4) is 5.75 Å². The Bertz CT molecular complexity index is 1240. The first kappa shape index (κ1) is 24.6. The largest absolute Gasteiger partial charge is 0.486 e. The number of rotatable bonds is 11. The third-order valence-electron chi connectivity index (χ3n) is 6.17. The van der Waals surface area contributed by atoms with E-state index in [-0.39, 0.29) is 12.2 Å². The molecule has 35 heavy (non-hydrogen) atoms. The highest BCUT2D eigenvalue weighted by atomic mass is 16.5. The van der Waals surface area contributed by atoms with Gasteiger partial charge in [0.2, 0.25) is 0 Å². The van der Waals surface area contributed by atoms with Crippen molar-refractivity contribution in [2.24, 2.45) is 5.92 Å². The molecule has 0 bridgehead atoms. The lowest BCUT2D eigenvalue weighted by Gasteiger charge is -2.22. The van der Waals surface area contributed by atoms with Crippen LogP contribution in [0.4, 0.5) is 0 Å². The standard InChI is InChI=1S/C28H33N5O2/c1-3-6-20(4-2)15-21-8-10-23(11-9-21)35-19-26-32-27-24(28(34)33-26)12-14-31-25(27)18-30-17-22-7-5-13-29-16-22/h3-4,6,8-12,14,22,29-30H,1-2,5,7,13,15-19H2,(H,32,33,34)/b20-6+. The zero-order valence-electron chi connectivity index (χ0n) is 20.1. The highest BCUT2D eigenvalue weighted by molar-refractivity contribution is 5.79. The minimum atomic E-state index is -0.185. The number of aromatic nitrogens is 3. The summed E-state index contributed by atoms with van der Waals surface area (Å²) in [6.45, 7) is 11.4. The Morgan fingerprint density at radius 2 is 2.09 bits per heavy atom. The number of pyridine rings is 1. The summed E-state index contributed by atoms with van der Waals surface area (Å²) in [5.41, 5.74) is 3.45. The van der Waals surface area contributed by atoms with Gasteiger partial charge in [0.15, 0.2) is 0 Å². The first-order chi connectivity index (χ1) is 17.2. The summed E-state index contributed by atoms with van der Waals surface area (Å²) in [6, 6.07) is 9.57. The Balaban J connectivity index is 1.41. The fourth-order valence-corrected chi connectivity index (χ4v) is 4.30. The molecule has 3 aromatic rings. The molecular formula is C28H33N5O2. The molecule has 1 aliphatic rings. The van der Waals surface area contributed by atoms with E-state index >= 15 is 0 Å². The lowest BCUT2D eigenvalue weighted by atomic mass is 10.00. The fraction of sp³-hybridized carbons (Fsp3) is 0.321. The van der Waals surface area contributed by atoms with Crippen LogP contribution in [0.5, 0.6) is 5.75 Å². The monoisotopic (exact) mass is 471 g/mol. The average molecular weight is 472 g/mol. The number of piperidine rings is 1. The van der Waals surface area contributed by atoms with Crippen molar-refractivity contribution in [1.82, 2.24) is 25.6 Å². The molecular weight excluding hydrogens is 438 g/mol. The van der Waals surface area contributed by atoms with Crippen LogP contribution in [0.3, 0.4) is 0 Å². The number of aromatic amines is 1. The van der Waals surface area contributed by atoms with Gasteiger partial charge in [-0.15, -0.1) is 0 Å². The maximum Gasteiger partial charge on any atom is 0.258 e. The predicted molar refractivity (Wildman–Crippen MR) is 140 cm³/mol.